The van der Waals surface area contributed by atoms with Crippen molar-refractivity contribution in [3.63, 3.8) is 0 Å². The van der Waals surface area contributed by atoms with Crippen LogP contribution < -0.4 is 5.32 Å². The van der Waals surface area contributed by atoms with E-state index in [4.69, 9.17) is 0 Å². The molecule has 2 nitrogen and oxygen atoms in total. The van der Waals surface area contributed by atoms with E-state index < -0.39 is 0 Å². The molecule has 0 atom stereocenters. The monoisotopic (exact) mass is 268 g/mol. The van der Waals surface area contributed by atoms with Crippen LogP contribution in [0.3, 0.4) is 0 Å². The van der Waals surface area contributed by atoms with E-state index in [-0.39, 0.29) is 0 Å². The minimum atomic E-state index is 0.964. The molecule has 2 aromatic rings. The number of anilines is 1. The Morgan fingerprint density at radius 2 is 1.70 bits per heavy atom. The fourth-order valence-corrected chi connectivity index (χ4v) is 2.26. The molecular formula is C18H24N2. The predicted molar refractivity (Wildman–Crippen MR) is 87.2 cm³/mol. The molecule has 20 heavy (non-hydrogen) atoms. The molecule has 0 fully saturated rings. The first-order chi connectivity index (χ1) is 9.63. The van der Waals surface area contributed by atoms with Gasteiger partial charge >= 0.3 is 0 Å². The number of benzene rings is 2. The molecule has 0 saturated carbocycles. The first-order valence-electron chi connectivity index (χ1n) is 7.18. The molecule has 0 amide bonds. The van der Waals surface area contributed by atoms with Crippen LogP contribution in [-0.4, -0.2) is 25.0 Å². The molecule has 0 bridgehead atoms. The van der Waals surface area contributed by atoms with Crippen LogP contribution in [0.15, 0.2) is 48.5 Å². The molecule has 0 radical (unpaired) electrons. The molecule has 0 spiro atoms. The number of aryl methyl sites for hydroxylation is 2. The van der Waals surface area contributed by atoms with Crippen molar-refractivity contribution < 1.29 is 0 Å². The molecule has 0 aromatic heterocycles. The van der Waals surface area contributed by atoms with Gasteiger partial charge in [0.05, 0.1) is 0 Å². The summed E-state index contributed by atoms with van der Waals surface area (Å²) in [6.45, 7) is 7.24. The molecule has 0 aliphatic rings. The number of nitrogens with zero attached hydrogens (tertiary/aromatic N) is 1. The van der Waals surface area contributed by atoms with Crippen molar-refractivity contribution in [2.45, 2.75) is 20.4 Å². The lowest BCUT2D eigenvalue weighted by Gasteiger charge is -2.17. The summed E-state index contributed by atoms with van der Waals surface area (Å²) in [5, 5.41) is 3.46. The van der Waals surface area contributed by atoms with Crippen LogP contribution in [0.1, 0.15) is 16.7 Å². The Morgan fingerprint density at radius 1 is 0.950 bits per heavy atom. The van der Waals surface area contributed by atoms with Crippen molar-refractivity contribution >= 4 is 5.69 Å². The second kappa shape index (κ2) is 7.11. The Kier molecular flexibility index (Phi) is 5.19. The molecule has 0 saturated heterocycles. The normalized spacial score (nSPS) is 10.8. The summed E-state index contributed by atoms with van der Waals surface area (Å²) in [7, 11) is 2.17. The lowest BCUT2D eigenvalue weighted by Crippen LogP contribution is -2.24. The Labute approximate surface area is 122 Å². The van der Waals surface area contributed by atoms with Crippen molar-refractivity contribution in [1.29, 1.82) is 0 Å². The Morgan fingerprint density at radius 3 is 2.40 bits per heavy atom. The SMILES string of the molecule is Cc1ccc(NCCN(C)Cc2cccc(C)c2)cc1. The first kappa shape index (κ1) is 14.6. The van der Waals surface area contributed by atoms with E-state index in [1.807, 2.05) is 0 Å². The van der Waals surface area contributed by atoms with Gasteiger partial charge in [-0.2, -0.15) is 0 Å². The molecule has 106 valence electrons. The second-order valence-electron chi connectivity index (χ2n) is 5.52. The van der Waals surface area contributed by atoms with Gasteiger partial charge in [0.2, 0.25) is 0 Å². The smallest absolute Gasteiger partial charge is 0.0340 e. The van der Waals surface area contributed by atoms with E-state index >= 15 is 0 Å². The average Bonchev–Trinajstić information content (AvgIpc) is 2.41. The Hall–Kier alpha value is -1.80. The highest BCUT2D eigenvalue weighted by atomic mass is 15.1. The number of hydrogen-bond donors (Lipinski definition) is 1. The maximum absolute atomic E-state index is 3.46. The Balaban J connectivity index is 1.75. The molecule has 0 aliphatic carbocycles. The lowest BCUT2D eigenvalue weighted by molar-refractivity contribution is 0.340. The van der Waals surface area contributed by atoms with Crippen molar-refractivity contribution in [3.05, 3.63) is 65.2 Å². The zero-order valence-electron chi connectivity index (χ0n) is 12.7. The summed E-state index contributed by atoms with van der Waals surface area (Å²) in [6, 6.07) is 17.3. The van der Waals surface area contributed by atoms with Gasteiger partial charge in [0.15, 0.2) is 0 Å². The van der Waals surface area contributed by atoms with Gasteiger partial charge in [-0.1, -0.05) is 47.5 Å². The average molecular weight is 268 g/mol. The number of hydrogen-bond acceptors (Lipinski definition) is 2. The fourth-order valence-electron chi connectivity index (χ4n) is 2.26. The standard InChI is InChI=1S/C18H24N2/c1-15-7-9-18(10-8-15)19-11-12-20(3)14-17-6-4-5-16(2)13-17/h4-10,13,19H,11-12,14H2,1-3H3. The van der Waals surface area contributed by atoms with Crippen molar-refractivity contribution in [3.8, 4) is 0 Å². The van der Waals surface area contributed by atoms with E-state index in [1.54, 1.807) is 0 Å². The van der Waals surface area contributed by atoms with Crippen LogP contribution in [0.2, 0.25) is 0 Å². The maximum Gasteiger partial charge on any atom is 0.0340 e. The van der Waals surface area contributed by atoms with Crippen molar-refractivity contribution in [2.75, 3.05) is 25.5 Å². The Bertz CT molecular complexity index is 531. The zero-order chi connectivity index (χ0) is 14.4. The van der Waals surface area contributed by atoms with Crippen molar-refractivity contribution in [2.24, 2.45) is 0 Å². The molecule has 2 aromatic carbocycles. The summed E-state index contributed by atoms with van der Waals surface area (Å²) in [5.41, 5.74) is 5.20. The van der Waals surface area contributed by atoms with E-state index in [2.05, 4.69) is 79.6 Å². The van der Waals surface area contributed by atoms with Gasteiger partial charge < -0.3 is 10.2 Å². The third-order valence-electron chi connectivity index (χ3n) is 3.41. The van der Waals surface area contributed by atoms with Crippen LogP contribution in [0.5, 0.6) is 0 Å². The molecular weight excluding hydrogens is 244 g/mol. The fraction of sp³-hybridized carbons (Fsp3) is 0.333. The van der Waals surface area contributed by atoms with E-state index in [1.165, 1.54) is 22.4 Å². The van der Waals surface area contributed by atoms with E-state index in [0.29, 0.717) is 0 Å². The van der Waals surface area contributed by atoms with Gasteiger partial charge in [0.1, 0.15) is 0 Å². The van der Waals surface area contributed by atoms with Gasteiger partial charge in [-0.3, -0.25) is 0 Å². The lowest BCUT2D eigenvalue weighted by atomic mass is 10.1. The summed E-state index contributed by atoms with van der Waals surface area (Å²) in [6.07, 6.45) is 0. The van der Waals surface area contributed by atoms with Crippen LogP contribution in [0.25, 0.3) is 0 Å². The summed E-state index contributed by atoms with van der Waals surface area (Å²) in [5.74, 6) is 0. The number of nitrogens with one attached hydrogen (secondary N) is 1. The second-order valence-corrected chi connectivity index (χ2v) is 5.52. The zero-order valence-corrected chi connectivity index (χ0v) is 12.7. The largest absolute Gasteiger partial charge is 0.384 e. The molecule has 2 rings (SSSR count). The highest BCUT2D eigenvalue weighted by Gasteiger charge is 2.00. The minimum absolute atomic E-state index is 0.964. The minimum Gasteiger partial charge on any atom is -0.384 e. The topological polar surface area (TPSA) is 15.3 Å². The molecule has 1 N–H and O–H groups in total. The number of rotatable bonds is 6. The van der Waals surface area contributed by atoms with Gasteiger partial charge in [-0.15, -0.1) is 0 Å². The van der Waals surface area contributed by atoms with Gasteiger partial charge in [0, 0.05) is 25.3 Å². The molecule has 0 heterocycles. The molecule has 0 aliphatic heterocycles. The predicted octanol–water partition coefficient (Wildman–Crippen LogP) is 3.85. The molecule has 0 unspecified atom stereocenters. The summed E-state index contributed by atoms with van der Waals surface area (Å²) < 4.78 is 0. The van der Waals surface area contributed by atoms with Crippen LogP contribution >= 0.6 is 0 Å². The molecule has 2 heteroatoms. The van der Waals surface area contributed by atoms with Crippen molar-refractivity contribution in [1.82, 2.24) is 4.90 Å². The highest BCUT2D eigenvalue weighted by molar-refractivity contribution is 5.44. The maximum atomic E-state index is 3.46. The highest BCUT2D eigenvalue weighted by Crippen LogP contribution is 2.09. The summed E-state index contributed by atoms with van der Waals surface area (Å²) >= 11 is 0. The quantitative estimate of drug-likeness (QED) is 0.856. The van der Waals surface area contributed by atoms with Crippen LogP contribution in [0, 0.1) is 13.8 Å². The number of likely N-dealkylation sites (N-methyl/N-ethyl adjacent to an activating group) is 1. The van der Waals surface area contributed by atoms with E-state index in [9.17, 15) is 0 Å². The summed E-state index contributed by atoms with van der Waals surface area (Å²) in [4.78, 5) is 2.34. The van der Waals surface area contributed by atoms with E-state index in [0.717, 1.165) is 19.6 Å². The first-order valence-corrected chi connectivity index (χ1v) is 7.18. The third kappa shape index (κ3) is 4.71. The van der Waals surface area contributed by atoms with Gasteiger partial charge in [-0.05, 0) is 38.6 Å². The van der Waals surface area contributed by atoms with Crippen LogP contribution in [0.4, 0.5) is 5.69 Å². The van der Waals surface area contributed by atoms with Gasteiger partial charge in [-0.25, -0.2) is 0 Å². The van der Waals surface area contributed by atoms with Crippen LogP contribution in [-0.2, 0) is 6.54 Å². The van der Waals surface area contributed by atoms with Gasteiger partial charge in [0.25, 0.3) is 0 Å². The third-order valence-corrected chi connectivity index (χ3v) is 3.41.